The fourth-order valence-corrected chi connectivity index (χ4v) is 3.42. The minimum absolute atomic E-state index is 0.0733. The van der Waals surface area contributed by atoms with E-state index in [-0.39, 0.29) is 36.8 Å². The number of halogens is 1. The van der Waals surface area contributed by atoms with Gasteiger partial charge in [0, 0.05) is 16.8 Å². The Morgan fingerprint density at radius 3 is 2.81 bits per heavy atom. The maximum Gasteiger partial charge on any atom is 0.240 e. The van der Waals surface area contributed by atoms with Gasteiger partial charge in [-0.15, -0.1) is 0 Å². The van der Waals surface area contributed by atoms with Gasteiger partial charge >= 0.3 is 0 Å². The zero-order valence-electron chi connectivity index (χ0n) is 14.9. The molecule has 0 radical (unpaired) electrons. The largest absolute Gasteiger partial charge is 0.390 e. The number of carbonyl (C=O) groups excluding carboxylic acids is 2. The third kappa shape index (κ3) is 5.47. The maximum atomic E-state index is 12.2. The minimum atomic E-state index is -0.224. The molecule has 2 amide bonds. The Bertz CT molecular complexity index is 851. The number of aliphatic hydroxyl groups excluding tert-OH is 1. The number of nitrogens with zero attached hydrogens (tertiary/aromatic N) is 2. The van der Waals surface area contributed by atoms with Gasteiger partial charge in [-0.05, 0) is 37.5 Å². The van der Waals surface area contributed by atoms with Crippen LogP contribution in [0, 0.1) is 6.92 Å². The molecule has 144 valence electrons. The van der Waals surface area contributed by atoms with Crippen LogP contribution in [0.2, 0.25) is 5.02 Å². The zero-order valence-corrected chi connectivity index (χ0v) is 16.4. The molecule has 3 N–H and O–H groups in total. The highest BCUT2D eigenvalue weighted by molar-refractivity contribution is 7.99. The molecule has 0 unspecified atom stereocenters. The smallest absolute Gasteiger partial charge is 0.240 e. The van der Waals surface area contributed by atoms with Gasteiger partial charge in [-0.2, -0.15) is 0 Å². The van der Waals surface area contributed by atoms with E-state index in [9.17, 15) is 14.7 Å². The van der Waals surface area contributed by atoms with Gasteiger partial charge in [0.15, 0.2) is 5.16 Å². The number of hydrogen-bond acceptors (Lipinski definition) is 5. The zero-order chi connectivity index (χ0) is 19.4. The van der Waals surface area contributed by atoms with Crippen molar-refractivity contribution in [3.63, 3.8) is 0 Å². The van der Waals surface area contributed by atoms with Crippen LogP contribution in [0.15, 0.2) is 29.6 Å². The molecular weight excluding hydrogens is 388 g/mol. The second-order valence-corrected chi connectivity index (χ2v) is 7.77. The van der Waals surface area contributed by atoms with Crippen molar-refractivity contribution >= 4 is 40.9 Å². The van der Waals surface area contributed by atoms with Crippen LogP contribution in [0.3, 0.4) is 0 Å². The van der Waals surface area contributed by atoms with Crippen molar-refractivity contribution in [1.29, 1.82) is 0 Å². The molecule has 1 aliphatic rings. The summed E-state index contributed by atoms with van der Waals surface area (Å²) in [6.45, 7) is 1.74. The predicted molar refractivity (Wildman–Crippen MR) is 105 cm³/mol. The summed E-state index contributed by atoms with van der Waals surface area (Å²) >= 11 is 7.28. The molecule has 0 aliphatic heterocycles. The molecule has 3 rings (SSSR count). The first kappa shape index (κ1) is 19.7. The van der Waals surface area contributed by atoms with E-state index in [1.54, 1.807) is 16.7 Å². The Hall–Kier alpha value is -2.03. The monoisotopic (exact) mass is 408 g/mol. The van der Waals surface area contributed by atoms with E-state index >= 15 is 0 Å². The van der Waals surface area contributed by atoms with Crippen LogP contribution in [0.4, 0.5) is 5.69 Å². The summed E-state index contributed by atoms with van der Waals surface area (Å²) in [7, 11) is 0. The van der Waals surface area contributed by atoms with Crippen molar-refractivity contribution < 1.29 is 14.7 Å². The third-order valence-electron chi connectivity index (χ3n) is 4.10. The highest BCUT2D eigenvalue weighted by Crippen LogP contribution is 2.23. The number of thioether (sulfide) groups is 1. The number of aliphatic hydroxyl groups is 1. The summed E-state index contributed by atoms with van der Waals surface area (Å²) in [6, 6.07) is 5.59. The Balaban J connectivity index is 1.59. The van der Waals surface area contributed by atoms with Crippen molar-refractivity contribution in [2.75, 3.05) is 11.1 Å². The molecule has 2 aromatic rings. The normalized spacial score (nSPS) is 13.4. The number of benzene rings is 1. The lowest BCUT2D eigenvalue weighted by Gasteiger charge is -2.11. The average Bonchev–Trinajstić information content (AvgIpc) is 3.35. The van der Waals surface area contributed by atoms with Gasteiger partial charge < -0.3 is 20.3 Å². The van der Waals surface area contributed by atoms with E-state index in [0.29, 0.717) is 21.6 Å². The number of amides is 2. The summed E-state index contributed by atoms with van der Waals surface area (Å²) in [5, 5.41) is 16.3. The quantitative estimate of drug-likeness (QED) is 0.582. The topological polar surface area (TPSA) is 96.2 Å². The number of aromatic nitrogens is 2. The number of imidazole rings is 1. The van der Waals surface area contributed by atoms with E-state index in [1.807, 2.05) is 13.0 Å². The van der Waals surface area contributed by atoms with Gasteiger partial charge in [-0.25, -0.2) is 4.98 Å². The fraction of sp³-hybridized carbons (Fsp3) is 0.389. The molecule has 0 saturated heterocycles. The van der Waals surface area contributed by atoms with E-state index in [0.717, 1.165) is 18.4 Å². The second-order valence-electron chi connectivity index (χ2n) is 6.42. The van der Waals surface area contributed by atoms with Gasteiger partial charge in [0.25, 0.3) is 0 Å². The molecule has 27 heavy (non-hydrogen) atoms. The molecule has 0 spiro atoms. The summed E-state index contributed by atoms with van der Waals surface area (Å²) in [5.74, 6) is -0.203. The van der Waals surface area contributed by atoms with Crippen LogP contribution in [-0.4, -0.2) is 38.3 Å². The van der Waals surface area contributed by atoms with Crippen LogP contribution in [-0.2, 0) is 22.7 Å². The van der Waals surface area contributed by atoms with Crippen molar-refractivity contribution in [2.45, 2.75) is 44.1 Å². The number of carbonyl (C=O) groups is 2. The van der Waals surface area contributed by atoms with Gasteiger partial charge in [-0.1, -0.05) is 29.4 Å². The Labute approximate surface area is 166 Å². The van der Waals surface area contributed by atoms with E-state index < -0.39 is 0 Å². The lowest BCUT2D eigenvalue weighted by Crippen LogP contribution is -2.30. The first-order valence-corrected chi connectivity index (χ1v) is 9.96. The molecule has 0 bridgehead atoms. The van der Waals surface area contributed by atoms with Gasteiger partial charge in [-0.3, -0.25) is 9.59 Å². The van der Waals surface area contributed by atoms with E-state index in [2.05, 4.69) is 15.6 Å². The fourth-order valence-electron chi connectivity index (χ4n) is 2.44. The average molecular weight is 409 g/mol. The lowest BCUT2D eigenvalue weighted by molar-refractivity contribution is -0.122. The molecule has 1 aliphatic carbocycles. The summed E-state index contributed by atoms with van der Waals surface area (Å²) in [5.41, 5.74) is 2.10. The van der Waals surface area contributed by atoms with E-state index in [1.165, 1.54) is 18.0 Å². The molecule has 1 aromatic heterocycles. The summed E-state index contributed by atoms with van der Waals surface area (Å²) < 4.78 is 1.64. The number of rotatable bonds is 8. The minimum Gasteiger partial charge on any atom is -0.390 e. The standard InChI is InChI=1S/C18H21ClN4O3S/c1-11-2-3-13(6-15(11)19)22-17(26)10-27-18-20-7-14(9-24)23(18)8-16(25)21-12-4-5-12/h2-3,6-7,12,24H,4-5,8-10H2,1H3,(H,21,25)(H,22,26). The maximum absolute atomic E-state index is 12.2. The highest BCUT2D eigenvalue weighted by Gasteiger charge is 2.24. The van der Waals surface area contributed by atoms with Gasteiger partial charge in [0.2, 0.25) is 11.8 Å². The summed E-state index contributed by atoms with van der Waals surface area (Å²) in [6.07, 6.45) is 3.53. The molecule has 7 nitrogen and oxygen atoms in total. The van der Waals surface area contributed by atoms with Gasteiger partial charge in [0.05, 0.1) is 24.3 Å². The van der Waals surface area contributed by atoms with Crippen LogP contribution < -0.4 is 10.6 Å². The first-order valence-electron chi connectivity index (χ1n) is 8.59. The molecule has 1 aromatic carbocycles. The predicted octanol–water partition coefficient (Wildman–Crippen LogP) is 2.35. The highest BCUT2D eigenvalue weighted by atomic mass is 35.5. The Morgan fingerprint density at radius 2 is 2.15 bits per heavy atom. The van der Waals surface area contributed by atoms with Crippen LogP contribution in [0.1, 0.15) is 24.1 Å². The molecular formula is C18H21ClN4O3S. The number of anilines is 1. The van der Waals surface area contributed by atoms with Gasteiger partial charge in [0.1, 0.15) is 6.54 Å². The lowest BCUT2D eigenvalue weighted by atomic mass is 10.2. The SMILES string of the molecule is Cc1ccc(NC(=O)CSc2ncc(CO)n2CC(=O)NC2CC2)cc1Cl. The van der Waals surface area contributed by atoms with Crippen LogP contribution >= 0.6 is 23.4 Å². The molecule has 9 heteroatoms. The summed E-state index contributed by atoms with van der Waals surface area (Å²) in [4.78, 5) is 28.5. The molecule has 1 heterocycles. The van der Waals surface area contributed by atoms with Crippen molar-refractivity contribution in [3.05, 3.63) is 40.7 Å². The Morgan fingerprint density at radius 1 is 1.37 bits per heavy atom. The third-order valence-corrected chi connectivity index (χ3v) is 5.49. The Kier molecular flexibility index (Phi) is 6.41. The second kappa shape index (κ2) is 8.77. The van der Waals surface area contributed by atoms with Crippen molar-refractivity contribution in [3.8, 4) is 0 Å². The molecule has 0 atom stereocenters. The number of aryl methyl sites for hydroxylation is 1. The van der Waals surface area contributed by atoms with Crippen LogP contribution in [0.25, 0.3) is 0 Å². The van der Waals surface area contributed by atoms with E-state index in [4.69, 9.17) is 11.6 Å². The molecule has 1 saturated carbocycles. The number of hydrogen-bond donors (Lipinski definition) is 3. The molecule has 1 fully saturated rings. The number of nitrogens with one attached hydrogen (secondary N) is 2. The van der Waals surface area contributed by atoms with Crippen LogP contribution in [0.5, 0.6) is 0 Å². The van der Waals surface area contributed by atoms with Crippen molar-refractivity contribution in [2.24, 2.45) is 0 Å². The van der Waals surface area contributed by atoms with Crippen molar-refractivity contribution in [1.82, 2.24) is 14.9 Å². The first-order chi connectivity index (χ1) is 13.0.